The van der Waals surface area contributed by atoms with Crippen LogP contribution in [0, 0.1) is 29.6 Å². The molecule has 0 aliphatic heterocycles. The van der Waals surface area contributed by atoms with Crippen LogP contribution in [0.25, 0.3) is 0 Å². The zero-order valence-electron chi connectivity index (χ0n) is 10.4. The van der Waals surface area contributed by atoms with Gasteiger partial charge in [-0.3, -0.25) is 0 Å². The second kappa shape index (κ2) is 4.54. The smallest absolute Gasteiger partial charge is 0.134 e. The molecule has 1 N–H and O–H groups in total. The fourth-order valence-electron chi connectivity index (χ4n) is 2.88. The minimum absolute atomic E-state index is 0.495. The molecule has 92 valence electrons. The van der Waals surface area contributed by atoms with Crippen LogP contribution in [0.4, 0.5) is 0 Å². The first-order chi connectivity index (χ1) is 8.07. The van der Waals surface area contributed by atoms with Crippen molar-refractivity contribution in [3.8, 4) is 6.07 Å². The number of hydrogen-bond acceptors (Lipinski definition) is 3. The van der Waals surface area contributed by atoms with Gasteiger partial charge in [-0.2, -0.15) is 5.26 Å². The first kappa shape index (κ1) is 12.2. The normalized spacial score (nSPS) is 30.8. The zero-order chi connectivity index (χ0) is 12.5. The van der Waals surface area contributed by atoms with E-state index in [0.717, 1.165) is 31.4 Å². The molecular formula is C14H19NO2. The van der Waals surface area contributed by atoms with Crippen LogP contribution in [-0.4, -0.2) is 5.11 Å². The van der Waals surface area contributed by atoms with Crippen LogP contribution in [0.15, 0.2) is 16.5 Å². The van der Waals surface area contributed by atoms with Crippen LogP contribution in [0.1, 0.15) is 50.2 Å². The van der Waals surface area contributed by atoms with Gasteiger partial charge in [0.15, 0.2) is 0 Å². The number of nitrogens with zero attached hydrogens (tertiary/aromatic N) is 1. The molecule has 0 bridgehead atoms. The quantitative estimate of drug-likeness (QED) is 0.852. The van der Waals surface area contributed by atoms with Gasteiger partial charge in [-0.1, -0.05) is 19.8 Å². The minimum Gasteiger partial charge on any atom is -0.464 e. The molecule has 1 aromatic heterocycles. The van der Waals surface area contributed by atoms with Gasteiger partial charge >= 0.3 is 0 Å². The summed E-state index contributed by atoms with van der Waals surface area (Å²) in [5, 5.41) is 19.9. The Hall–Kier alpha value is -1.27. The summed E-state index contributed by atoms with van der Waals surface area (Å²) in [5.41, 5.74) is -0.665. The second-order valence-electron chi connectivity index (χ2n) is 5.32. The average Bonchev–Trinajstić information content (AvgIpc) is 2.74. The molecule has 0 radical (unpaired) electrons. The van der Waals surface area contributed by atoms with E-state index < -0.39 is 11.5 Å². The predicted molar refractivity (Wildman–Crippen MR) is 64.1 cm³/mol. The highest BCUT2D eigenvalue weighted by atomic mass is 16.4. The second-order valence-corrected chi connectivity index (χ2v) is 5.32. The molecule has 0 spiro atoms. The van der Waals surface area contributed by atoms with E-state index in [2.05, 4.69) is 13.0 Å². The molecule has 1 aliphatic rings. The van der Waals surface area contributed by atoms with E-state index in [-0.39, 0.29) is 0 Å². The number of aliphatic hydroxyl groups is 1. The summed E-state index contributed by atoms with van der Waals surface area (Å²) in [6.07, 6.45) is 2.86. The van der Waals surface area contributed by atoms with E-state index in [0.29, 0.717) is 11.7 Å². The van der Waals surface area contributed by atoms with E-state index in [9.17, 15) is 10.4 Å². The zero-order valence-corrected chi connectivity index (χ0v) is 10.4. The molecule has 1 saturated carbocycles. The maximum absolute atomic E-state index is 10.4. The molecule has 1 heterocycles. The van der Waals surface area contributed by atoms with Gasteiger partial charge < -0.3 is 9.52 Å². The number of aryl methyl sites for hydroxylation is 1. The lowest BCUT2D eigenvalue weighted by molar-refractivity contribution is 0.00688. The fraction of sp³-hybridized carbons (Fsp3) is 0.643. The Bertz CT molecular complexity index is 432. The highest BCUT2D eigenvalue weighted by molar-refractivity contribution is 5.17. The maximum Gasteiger partial charge on any atom is 0.134 e. The summed E-state index contributed by atoms with van der Waals surface area (Å²) >= 11 is 0. The van der Waals surface area contributed by atoms with Gasteiger partial charge in [0, 0.05) is 0 Å². The Balaban J connectivity index is 2.26. The van der Waals surface area contributed by atoms with E-state index in [4.69, 9.17) is 4.42 Å². The molecule has 1 aliphatic carbocycles. The van der Waals surface area contributed by atoms with Gasteiger partial charge in [-0.15, -0.1) is 0 Å². The number of furan rings is 1. The molecule has 1 fully saturated rings. The molecule has 0 saturated heterocycles. The molecule has 3 unspecified atom stereocenters. The molecule has 17 heavy (non-hydrogen) atoms. The number of hydrogen-bond donors (Lipinski definition) is 1. The van der Waals surface area contributed by atoms with Crippen LogP contribution in [0.5, 0.6) is 0 Å². The summed E-state index contributed by atoms with van der Waals surface area (Å²) in [7, 11) is 0. The lowest BCUT2D eigenvalue weighted by Gasteiger charge is -2.37. The van der Waals surface area contributed by atoms with Gasteiger partial charge in [0.1, 0.15) is 17.6 Å². The first-order valence-electron chi connectivity index (χ1n) is 6.23. The van der Waals surface area contributed by atoms with Crippen molar-refractivity contribution in [3.63, 3.8) is 0 Å². The molecule has 0 aromatic carbocycles. The third kappa shape index (κ3) is 2.23. The van der Waals surface area contributed by atoms with Crippen molar-refractivity contribution in [2.45, 2.75) is 45.6 Å². The van der Waals surface area contributed by atoms with Crippen LogP contribution in [0.2, 0.25) is 0 Å². The molecule has 3 heteroatoms. The van der Waals surface area contributed by atoms with Crippen molar-refractivity contribution >= 4 is 0 Å². The van der Waals surface area contributed by atoms with Crippen molar-refractivity contribution in [2.75, 3.05) is 0 Å². The van der Waals surface area contributed by atoms with E-state index in [1.807, 2.05) is 13.0 Å². The molecule has 2 rings (SSSR count). The van der Waals surface area contributed by atoms with Crippen LogP contribution in [0.3, 0.4) is 0 Å². The Kier molecular flexibility index (Phi) is 3.26. The lowest BCUT2D eigenvalue weighted by Crippen LogP contribution is -2.32. The highest BCUT2D eigenvalue weighted by Crippen LogP contribution is 2.47. The molecule has 1 aromatic rings. The number of aliphatic hydroxyl groups excluding tert-OH is 1. The monoisotopic (exact) mass is 233 g/mol. The summed E-state index contributed by atoms with van der Waals surface area (Å²) < 4.78 is 5.46. The predicted octanol–water partition coefficient (Wildman–Crippen LogP) is 3.34. The third-order valence-electron chi connectivity index (χ3n) is 3.81. The van der Waals surface area contributed by atoms with Gasteiger partial charge in [0.05, 0.1) is 11.5 Å². The maximum atomic E-state index is 10.4. The van der Waals surface area contributed by atoms with E-state index in [1.165, 1.54) is 0 Å². The SMILES string of the molecule is Cc1ccc(C(O)C2(C#N)CCCC(C)C2)o1. The number of nitriles is 1. The largest absolute Gasteiger partial charge is 0.464 e. The summed E-state index contributed by atoms with van der Waals surface area (Å²) in [4.78, 5) is 0. The molecule has 3 atom stereocenters. The first-order valence-corrected chi connectivity index (χ1v) is 6.23. The highest BCUT2D eigenvalue weighted by Gasteiger charge is 2.43. The van der Waals surface area contributed by atoms with Crippen LogP contribution in [-0.2, 0) is 0 Å². The summed E-state index contributed by atoms with van der Waals surface area (Å²) in [6, 6.07) is 5.95. The fourth-order valence-corrected chi connectivity index (χ4v) is 2.88. The minimum atomic E-state index is -0.802. The third-order valence-corrected chi connectivity index (χ3v) is 3.81. The van der Waals surface area contributed by atoms with Crippen molar-refractivity contribution < 1.29 is 9.52 Å². The van der Waals surface area contributed by atoms with Gasteiger partial charge in [0.2, 0.25) is 0 Å². The Morgan fingerprint density at radius 2 is 2.35 bits per heavy atom. The van der Waals surface area contributed by atoms with Crippen molar-refractivity contribution in [3.05, 3.63) is 23.7 Å². The Labute approximate surface area is 102 Å². The molecular weight excluding hydrogens is 214 g/mol. The average molecular weight is 233 g/mol. The standard InChI is InChI=1S/C14H19NO2/c1-10-4-3-7-14(8-10,9-15)13(16)12-6-5-11(2)17-12/h5-6,10,13,16H,3-4,7-8H2,1-2H3. The van der Waals surface area contributed by atoms with Crippen LogP contribution >= 0.6 is 0 Å². The Morgan fingerprint density at radius 3 is 2.88 bits per heavy atom. The van der Waals surface area contributed by atoms with E-state index >= 15 is 0 Å². The van der Waals surface area contributed by atoms with Crippen molar-refractivity contribution in [1.82, 2.24) is 0 Å². The molecule has 3 nitrogen and oxygen atoms in total. The lowest BCUT2D eigenvalue weighted by atomic mass is 9.67. The topological polar surface area (TPSA) is 57.2 Å². The van der Waals surface area contributed by atoms with Gasteiger partial charge in [0.25, 0.3) is 0 Å². The van der Waals surface area contributed by atoms with Crippen LogP contribution < -0.4 is 0 Å². The summed E-state index contributed by atoms with van der Waals surface area (Å²) in [5.74, 6) is 1.79. The van der Waals surface area contributed by atoms with Crippen molar-refractivity contribution in [2.24, 2.45) is 11.3 Å². The van der Waals surface area contributed by atoms with Gasteiger partial charge in [-0.05, 0) is 37.8 Å². The van der Waals surface area contributed by atoms with Crippen molar-refractivity contribution in [1.29, 1.82) is 5.26 Å². The van der Waals surface area contributed by atoms with Gasteiger partial charge in [-0.25, -0.2) is 0 Å². The summed E-state index contributed by atoms with van der Waals surface area (Å²) in [6.45, 7) is 3.99. The molecule has 0 amide bonds. The number of rotatable bonds is 2. The van der Waals surface area contributed by atoms with E-state index in [1.54, 1.807) is 6.07 Å². The Morgan fingerprint density at radius 1 is 1.59 bits per heavy atom.